The van der Waals surface area contributed by atoms with Crippen LogP contribution in [-0.4, -0.2) is 37.1 Å². The number of carbonyl (C=O) groups excluding carboxylic acids is 1. The number of allylic oxidation sites excluding steroid dienone is 1. The summed E-state index contributed by atoms with van der Waals surface area (Å²) >= 11 is 0. The third kappa shape index (κ3) is 3.03. The van der Waals surface area contributed by atoms with E-state index in [1.165, 1.54) is 10.4 Å². The lowest BCUT2D eigenvalue weighted by Crippen LogP contribution is -2.42. The van der Waals surface area contributed by atoms with Crippen LogP contribution in [0.2, 0.25) is 0 Å². The molecule has 0 aromatic carbocycles. The predicted molar refractivity (Wildman–Crippen MR) is 75.5 cm³/mol. The lowest BCUT2D eigenvalue weighted by Gasteiger charge is -2.35. The van der Waals surface area contributed by atoms with Crippen LogP contribution in [0.25, 0.3) is 0 Å². The Balaban J connectivity index is 2.27. The third-order valence-corrected chi connectivity index (χ3v) is 5.06. The average molecular weight is 300 g/mol. The van der Waals surface area contributed by atoms with E-state index in [0.29, 0.717) is 5.70 Å². The topological polar surface area (TPSA) is 76.0 Å². The van der Waals surface area contributed by atoms with E-state index in [9.17, 15) is 13.2 Å². The molecule has 0 bridgehead atoms. The molecule has 1 aliphatic heterocycles. The SMILES string of the molecule is CCOC(=O)C1=NS(=O)(=O)N(C2CCCCC2)C(C)=C1. The van der Waals surface area contributed by atoms with E-state index < -0.39 is 16.2 Å². The summed E-state index contributed by atoms with van der Waals surface area (Å²) in [6, 6.07) is -0.0440. The molecule has 1 fully saturated rings. The van der Waals surface area contributed by atoms with Crippen molar-refractivity contribution in [3.05, 3.63) is 11.8 Å². The van der Waals surface area contributed by atoms with Gasteiger partial charge in [-0.05, 0) is 32.8 Å². The van der Waals surface area contributed by atoms with Gasteiger partial charge >= 0.3 is 16.2 Å². The molecule has 112 valence electrons. The summed E-state index contributed by atoms with van der Waals surface area (Å²) in [5.41, 5.74) is 0.395. The van der Waals surface area contributed by atoms with Crippen molar-refractivity contribution < 1.29 is 17.9 Å². The number of rotatable bonds is 3. The smallest absolute Gasteiger partial charge is 0.357 e. The summed E-state index contributed by atoms with van der Waals surface area (Å²) in [5, 5.41) is 0. The van der Waals surface area contributed by atoms with Crippen LogP contribution in [0.15, 0.2) is 16.2 Å². The van der Waals surface area contributed by atoms with Crippen molar-refractivity contribution >= 4 is 21.9 Å². The van der Waals surface area contributed by atoms with Gasteiger partial charge in [0.25, 0.3) is 0 Å². The molecular formula is C13H20N2O4S. The highest BCUT2D eigenvalue weighted by Crippen LogP contribution is 2.30. The molecule has 2 aliphatic rings. The zero-order valence-electron chi connectivity index (χ0n) is 11.8. The van der Waals surface area contributed by atoms with Crippen molar-refractivity contribution in [2.45, 2.75) is 52.0 Å². The third-order valence-electron chi connectivity index (χ3n) is 3.55. The largest absolute Gasteiger partial charge is 0.461 e. The molecule has 2 rings (SSSR count). The molecule has 20 heavy (non-hydrogen) atoms. The highest BCUT2D eigenvalue weighted by atomic mass is 32.2. The van der Waals surface area contributed by atoms with Gasteiger partial charge in [-0.2, -0.15) is 8.42 Å². The van der Waals surface area contributed by atoms with Gasteiger partial charge in [0.2, 0.25) is 0 Å². The second kappa shape index (κ2) is 5.95. The van der Waals surface area contributed by atoms with Gasteiger partial charge < -0.3 is 4.74 Å². The fourth-order valence-corrected chi connectivity index (χ4v) is 4.20. The monoisotopic (exact) mass is 300 g/mol. The normalized spacial score (nSPS) is 23.0. The molecule has 6 nitrogen and oxygen atoms in total. The predicted octanol–water partition coefficient (Wildman–Crippen LogP) is 1.79. The molecule has 0 unspecified atom stereocenters. The Morgan fingerprint density at radius 3 is 2.60 bits per heavy atom. The van der Waals surface area contributed by atoms with Crippen LogP contribution in [-0.2, 0) is 19.7 Å². The number of esters is 1. The van der Waals surface area contributed by atoms with Crippen LogP contribution >= 0.6 is 0 Å². The maximum absolute atomic E-state index is 12.3. The van der Waals surface area contributed by atoms with Gasteiger partial charge in [0.05, 0.1) is 6.61 Å². The number of carbonyl (C=O) groups is 1. The Bertz CT molecular complexity index is 545. The first kappa shape index (κ1) is 15.0. The van der Waals surface area contributed by atoms with Crippen molar-refractivity contribution in [2.75, 3.05) is 6.61 Å². The second-order valence-electron chi connectivity index (χ2n) is 5.05. The Hall–Kier alpha value is -1.37. The first-order valence-electron chi connectivity index (χ1n) is 6.95. The number of ether oxygens (including phenoxy) is 1. The van der Waals surface area contributed by atoms with Gasteiger partial charge in [0, 0.05) is 11.7 Å². The Morgan fingerprint density at radius 1 is 1.40 bits per heavy atom. The summed E-state index contributed by atoms with van der Waals surface area (Å²) in [6.45, 7) is 3.55. The molecule has 0 atom stereocenters. The van der Waals surface area contributed by atoms with E-state index in [0.717, 1.165) is 32.1 Å². The van der Waals surface area contributed by atoms with Gasteiger partial charge in [-0.15, -0.1) is 4.40 Å². The lowest BCUT2D eigenvalue weighted by molar-refractivity contribution is -0.134. The molecular weight excluding hydrogens is 280 g/mol. The standard InChI is InChI=1S/C13H20N2O4S/c1-3-19-13(16)12-9-10(2)15(20(17,18)14-12)11-7-5-4-6-8-11/h9,11H,3-8H2,1-2H3. The van der Waals surface area contributed by atoms with E-state index in [1.807, 2.05) is 0 Å². The quantitative estimate of drug-likeness (QED) is 0.745. The zero-order valence-corrected chi connectivity index (χ0v) is 12.6. The van der Waals surface area contributed by atoms with Crippen LogP contribution in [0.5, 0.6) is 0 Å². The van der Waals surface area contributed by atoms with Crippen LogP contribution in [0, 0.1) is 0 Å². The minimum Gasteiger partial charge on any atom is -0.461 e. The Kier molecular flexibility index (Phi) is 4.47. The molecule has 0 aromatic heterocycles. The first-order valence-corrected chi connectivity index (χ1v) is 8.35. The minimum absolute atomic E-state index is 0.0440. The molecule has 0 aromatic rings. The van der Waals surface area contributed by atoms with Crippen molar-refractivity contribution in [2.24, 2.45) is 4.40 Å². The van der Waals surface area contributed by atoms with Crippen molar-refractivity contribution in [1.29, 1.82) is 0 Å². The van der Waals surface area contributed by atoms with Gasteiger partial charge in [-0.1, -0.05) is 19.3 Å². The van der Waals surface area contributed by atoms with Crippen molar-refractivity contribution in [1.82, 2.24) is 4.31 Å². The minimum atomic E-state index is -3.83. The van der Waals surface area contributed by atoms with E-state index >= 15 is 0 Å². The van der Waals surface area contributed by atoms with Gasteiger partial charge in [-0.25, -0.2) is 4.79 Å². The summed E-state index contributed by atoms with van der Waals surface area (Å²) in [5.74, 6) is -0.696. The molecule has 0 spiro atoms. The molecule has 1 heterocycles. The molecule has 0 amide bonds. The Morgan fingerprint density at radius 2 is 2.05 bits per heavy atom. The average Bonchev–Trinajstić information content (AvgIpc) is 2.38. The van der Waals surface area contributed by atoms with E-state index in [-0.39, 0.29) is 18.4 Å². The van der Waals surface area contributed by atoms with Crippen molar-refractivity contribution in [3.8, 4) is 0 Å². The zero-order chi connectivity index (χ0) is 14.8. The summed E-state index contributed by atoms with van der Waals surface area (Å²) in [6.07, 6.45) is 6.37. The van der Waals surface area contributed by atoms with Crippen LogP contribution in [0.4, 0.5) is 0 Å². The fraction of sp³-hybridized carbons (Fsp3) is 0.692. The maximum atomic E-state index is 12.3. The summed E-state index contributed by atoms with van der Waals surface area (Å²) < 4.78 is 34.4. The van der Waals surface area contributed by atoms with Crippen molar-refractivity contribution in [3.63, 3.8) is 0 Å². The molecule has 1 saturated carbocycles. The fourth-order valence-electron chi connectivity index (χ4n) is 2.73. The van der Waals surface area contributed by atoms with Crippen LogP contribution in [0.3, 0.4) is 0 Å². The molecule has 0 radical (unpaired) electrons. The number of nitrogens with zero attached hydrogens (tertiary/aromatic N) is 2. The van der Waals surface area contributed by atoms with Gasteiger partial charge in [0.15, 0.2) is 5.71 Å². The molecule has 0 saturated heterocycles. The summed E-state index contributed by atoms with van der Waals surface area (Å²) in [4.78, 5) is 11.6. The molecule has 0 N–H and O–H groups in total. The Labute approximate surface area is 119 Å². The van der Waals surface area contributed by atoms with Crippen LogP contribution in [0.1, 0.15) is 46.0 Å². The maximum Gasteiger partial charge on any atom is 0.357 e. The second-order valence-corrected chi connectivity index (χ2v) is 6.52. The number of hydrogen-bond donors (Lipinski definition) is 0. The molecule has 1 aliphatic carbocycles. The highest BCUT2D eigenvalue weighted by molar-refractivity contribution is 7.88. The first-order chi connectivity index (χ1) is 9.45. The molecule has 7 heteroatoms. The summed E-state index contributed by atoms with van der Waals surface area (Å²) in [7, 11) is -3.83. The van der Waals surface area contributed by atoms with E-state index in [4.69, 9.17) is 4.74 Å². The van der Waals surface area contributed by atoms with E-state index in [2.05, 4.69) is 4.40 Å². The van der Waals surface area contributed by atoms with Gasteiger partial charge in [0.1, 0.15) is 0 Å². The lowest BCUT2D eigenvalue weighted by atomic mass is 9.95. The number of hydrogen-bond acceptors (Lipinski definition) is 4. The van der Waals surface area contributed by atoms with Crippen LogP contribution < -0.4 is 0 Å². The van der Waals surface area contributed by atoms with E-state index in [1.54, 1.807) is 13.8 Å². The van der Waals surface area contributed by atoms with Gasteiger partial charge in [-0.3, -0.25) is 4.31 Å². The highest BCUT2D eigenvalue weighted by Gasteiger charge is 2.35.